The first-order valence-electron chi connectivity index (χ1n) is 7.76. The minimum Gasteiger partial charge on any atom is -0.382 e. The van der Waals surface area contributed by atoms with Gasteiger partial charge in [0, 0.05) is 41.5 Å². The van der Waals surface area contributed by atoms with Crippen LogP contribution in [-0.2, 0) is 0 Å². The molecular weight excluding hydrogens is 325 g/mol. The maximum absolute atomic E-state index is 14.9. The normalized spacial score (nSPS) is 20.0. The van der Waals surface area contributed by atoms with Crippen LogP contribution in [0.1, 0.15) is 24.0 Å². The van der Waals surface area contributed by atoms with Crippen molar-refractivity contribution in [3.8, 4) is 0 Å². The molecule has 1 fully saturated rings. The molecule has 0 aromatic carbocycles. The maximum Gasteiger partial charge on any atom is 0.172 e. The molecule has 0 bridgehead atoms. The van der Waals surface area contributed by atoms with Gasteiger partial charge in [-0.2, -0.15) is 0 Å². The summed E-state index contributed by atoms with van der Waals surface area (Å²) in [5.74, 6) is 0.202. The number of nitrogens with two attached hydrogens (primary N) is 1. The second kappa shape index (κ2) is 4.98. The first kappa shape index (κ1) is 13.9. The number of halogens is 1. The van der Waals surface area contributed by atoms with Crippen molar-refractivity contribution in [2.75, 3.05) is 0 Å². The van der Waals surface area contributed by atoms with E-state index in [-0.39, 0.29) is 5.82 Å². The van der Waals surface area contributed by atoms with Crippen LogP contribution in [0.3, 0.4) is 0 Å². The molecule has 0 radical (unpaired) electrons. The summed E-state index contributed by atoms with van der Waals surface area (Å²) < 4.78 is 16.7. The number of hydrogen-bond donors (Lipinski definition) is 2. The van der Waals surface area contributed by atoms with E-state index in [9.17, 15) is 4.39 Å². The molecule has 7 heteroatoms. The first-order valence-corrected chi connectivity index (χ1v) is 8.53. The van der Waals surface area contributed by atoms with E-state index < -0.39 is 5.83 Å². The van der Waals surface area contributed by atoms with Gasteiger partial charge in [0.15, 0.2) is 11.6 Å². The summed E-state index contributed by atoms with van der Waals surface area (Å²) in [6.07, 6.45) is 12.8. The first-order chi connectivity index (χ1) is 11.7. The van der Waals surface area contributed by atoms with Gasteiger partial charge in [-0.15, -0.1) is 0 Å². The predicted octanol–water partition coefficient (Wildman–Crippen LogP) is 3.44. The molecule has 3 N–H and O–H groups in total. The fourth-order valence-corrected chi connectivity index (χ4v) is 4.23. The SMILES string of the molecule is NC1=C(F)C(c2cncnc2)=CC2=C(C3CC3)c3c[nH]cc3SN12. The van der Waals surface area contributed by atoms with Crippen LogP contribution in [0.15, 0.2) is 59.4 Å². The number of aromatic amines is 1. The van der Waals surface area contributed by atoms with E-state index in [0.29, 0.717) is 17.1 Å². The van der Waals surface area contributed by atoms with Gasteiger partial charge in [0.2, 0.25) is 0 Å². The van der Waals surface area contributed by atoms with Gasteiger partial charge in [0.25, 0.3) is 0 Å². The molecule has 4 heterocycles. The molecule has 2 aliphatic heterocycles. The molecule has 1 aliphatic carbocycles. The second-order valence-electron chi connectivity index (χ2n) is 6.08. The van der Waals surface area contributed by atoms with Crippen molar-refractivity contribution in [1.82, 2.24) is 19.3 Å². The Morgan fingerprint density at radius 1 is 1.25 bits per heavy atom. The lowest BCUT2D eigenvalue weighted by molar-refractivity contribution is 0.586. The molecular formula is C17H14FN5S. The van der Waals surface area contributed by atoms with Crippen LogP contribution >= 0.6 is 11.9 Å². The Morgan fingerprint density at radius 2 is 2.04 bits per heavy atom. The minimum absolute atomic E-state index is 0.126. The van der Waals surface area contributed by atoms with Crippen LogP contribution in [-0.4, -0.2) is 19.3 Å². The molecule has 2 aromatic heterocycles. The highest BCUT2D eigenvalue weighted by atomic mass is 32.2. The fourth-order valence-electron chi connectivity index (χ4n) is 3.22. The summed E-state index contributed by atoms with van der Waals surface area (Å²) in [7, 11) is 0. The molecule has 2 aromatic rings. The molecule has 5 rings (SSSR count). The Morgan fingerprint density at radius 3 is 2.79 bits per heavy atom. The Bertz CT molecular complexity index is 923. The van der Waals surface area contributed by atoms with Gasteiger partial charge in [0.1, 0.15) is 6.33 Å². The monoisotopic (exact) mass is 339 g/mol. The summed E-state index contributed by atoms with van der Waals surface area (Å²) in [5.41, 5.74) is 10.6. The van der Waals surface area contributed by atoms with Crippen LogP contribution in [0.4, 0.5) is 4.39 Å². The number of rotatable bonds is 2. The van der Waals surface area contributed by atoms with Gasteiger partial charge < -0.3 is 10.7 Å². The van der Waals surface area contributed by atoms with E-state index in [2.05, 4.69) is 15.0 Å². The van der Waals surface area contributed by atoms with E-state index in [1.807, 2.05) is 18.5 Å². The molecule has 3 aliphatic rings. The van der Waals surface area contributed by atoms with Crippen molar-refractivity contribution >= 4 is 23.1 Å². The van der Waals surface area contributed by atoms with Gasteiger partial charge >= 0.3 is 0 Å². The lowest BCUT2D eigenvalue weighted by Crippen LogP contribution is -2.28. The molecule has 0 atom stereocenters. The van der Waals surface area contributed by atoms with Gasteiger partial charge in [-0.3, -0.25) is 4.31 Å². The summed E-state index contributed by atoms with van der Waals surface area (Å²) in [4.78, 5) is 12.2. The third kappa shape index (κ3) is 1.94. The van der Waals surface area contributed by atoms with Crippen molar-refractivity contribution in [3.63, 3.8) is 0 Å². The highest BCUT2D eigenvalue weighted by Gasteiger charge is 2.39. The van der Waals surface area contributed by atoms with Crippen LogP contribution in [0, 0.1) is 5.92 Å². The van der Waals surface area contributed by atoms with Crippen molar-refractivity contribution in [1.29, 1.82) is 0 Å². The minimum atomic E-state index is -0.435. The number of hydrogen-bond acceptors (Lipinski definition) is 5. The average Bonchev–Trinajstić information content (AvgIpc) is 3.34. The molecule has 0 saturated heterocycles. The van der Waals surface area contributed by atoms with Gasteiger partial charge in [-0.05, 0) is 42.4 Å². The third-order valence-corrected chi connectivity index (χ3v) is 5.61. The Balaban J connectivity index is 1.75. The average molecular weight is 339 g/mol. The number of fused-ring (bicyclic) bond motifs is 2. The zero-order chi connectivity index (χ0) is 16.3. The lowest BCUT2D eigenvalue weighted by atomic mass is 9.96. The predicted molar refractivity (Wildman–Crippen MR) is 90.5 cm³/mol. The Hall–Kier alpha value is -2.54. The quantitative estimate of drug-likeness (QED) is 0.820. The van der Waals surface area contributed by atoms with E-state index in [1.54, 1.807) is 16.7 Å². The van der Waals surface area contributed by atoms with Gasteiger partial charge in [-0.25, -0.2) is 14.4 Å². The standard InChI is InChI=1S/C17H14FN5S/c18-16-11(10-4-21-8-22-5-10)3-13-15(9-1-2-9)12-6-20-7-14(12)24-23(13)17(16)19/h3-9,20H,1-2,19H2. The summed E-state index contributed by atoms with van der Waals surface area (Å²) in [6, 6.07) is 0. The highest BCUT2D eigenvalue weighted by Crippen LogP contribution is 2.54. The summed E-state index contributed by atoms with van der Waals surface area (Å²) >= 11 is 1.45. The molecule has 1 saturated carbocycles. The van der Waals surface area contributed by atoms with Gasteiger partial charge in [-0.1, -0.05) is 0 Å². The Kier molecular flexibility index (Phi) is 2.87. The second-order valence-corrected chi connectivity index (χ2v) is 7.06. The fraction of sp³-hybridized carbons (Fsp3) is 0.176. The zero-order valence-electron chi connectivity index (χ0n) is 12.7. The topological polar surface area (TPSA) is 70.8 Å². The molecule has 0 unspecified atom stereocenters. The van der Waals surface area contributed by atoms with E-state index in [0.717, 1.165) is 23.4 Å². The van der Waals surface area contributed by atoms with E-state index in [1.165, 1.54) is 29.4 Å². The van der Waals surface area contributed by atoms with Crippen LogP contribution < -0.4 is 5.73 Å². The van der Waals surface area contributed by atoms with Crippen molar-refractivity contribution in [3.05, 3.63) is 65.7 Å². The maximum atomic E-state index is 14.9. The number of H-pyrrole nitrogens is 1. The molecule has 0 amide bonds. The molecule has 24 heavy (non-hydrogen) atoms. The zero-order valence-corrected chi connectivity index (χ0v) is 13.5. The molecule has 5 nitrogen and oxygen atoms in total. The van der Waals surface area contributed by atoms with E-state index >= 15 is 0 Å². The highest BCUT2D eigenvalue weighted by molar-refractivity contribution is 7.97. The van der Waals surface area contributed by atoms with Gasteiger partial charge in [0.05, 0.1) is 10.6 Å². The van der Waals surface area contributed by atoms with Crippen molar-refractivity contribution < 1.29 is 4.39 Å². The molecule has 120 valence electrons. The van der Waals surface area contributed by atoms with Crippen LogP contribution in [0.25, 0.3) is 11.1 Å². The number of nitrogens with zero attached hydrogens (tertiary/aromatic N) is 3. The smallest absolute Gasteiger partial charge is 0.172 e. The van der Waals surface area contributed by atoms with Crippen LogP contribution in [0.2, 0.25) is 0 Å². The van der Waals surface area contributed by atoms with Crippen LogP contribution in [0.5, 0.6) is 0 Å². The lowest BCUT2D eigenvalue weighted by Gasteiger charge is -2.34. The third-order valence-electron chi connectivity index (χ3n) is 4.50. The number of allylic oxidation sites excluding steroid dienone is 4. The number of nitrogens with one attached hydrogen (secondary N) is 1. The van der Waals surface area contributed by atoms with Crippen molar-refractivity contribution in [2.45, 2.75) is 17.7 Å². The number of aromatic nitrogens is 3. The largest absolute Gasteiger partial charge is 0.382 e. The summed E-state index contributed by atoms with van der Waals surface area (Å²) in [5, 5.41) is 0. The summed E-state index contributed by atoms with van der Waals surface area (Å²) in [6.45, 7) is 0. The Labute approximate surface area is 142 Å². The van der Waals surface area contributed by atoms with E-state index in [4.69, 9.17) is 5.73 Å². The molecule has 0 spiro atoms. The van der Waals surface area contributed by atoms with Crippen molar-refractivity contribution in [2.24, 2.45) is 11.7 Å².